The maximum Gasteiger partial charge on any atom is 0.340 e. The normalized spacial score (nSPS) is 10.3. The van der Waals surface area contributed by atoms with Crippen LogP contribution >= 0.6 is 11.3 Å². The third kappa shape index (κ3) is 4.05. The number of likely N-dealkylation sites (N-methyl/N-ethyl adjacent to an activating group) is 1. The summed E-state index contributed by atoms with van der Waals surface area (Å²) < 4.78 is 17.8. The molecule has 0 radical (unpaired) electrons. The lowest BCUT2D eigenvalue weighted by molar-refractivity contribution is -0.133. The van der Waals surface area contributed by atoms with E-state index in [1.807, 2.05) is 16.8 Å². The van der Waals surface area contributed by atoms with E-state index in [0.29, 0.717) is 6.54 Å². The first kappa shape index (κ1) is 16.0. The number of rotatable bonds is 5. The van der Waals surface area contributed by atoms with Crippen LogP contribution in [0.1, 0.15) is 15.9 Å². The Morgan fingerprint density at radius 2 is 2.14 bits per heavy atom. The number of thiophene rings is 1. The molecule has 1 amide bonds. The van der Waals surface area contributed by atoms with Gasteiger partial charge in [0.2, 0.25) is 0 Å². The van der Waals surface area contributed by atoms with Crippen molar-refractivity contribution in [3.8, 4) is 0 Å². The predicted octanol–water partition coefficient (Wildman–Crippen LogP) is 2.28. The van der Waals surface area contributed by atoms with Gasteiger partial charge in [0, 0.05) is 19.3 Å². The number of hydrogen-bond acceptors (Lipinski definition) is 5. The number of amides is 1. The monoisotopic (exact) mass is 322 g/mol. The van der Waals surface area contributed by atoms with E-state index in [1.54, 1.807) is 18.4 Å². The van der Waals surface area contributed by atoms with E-state index in [4.69, 9.17) is 10.5 Å². The average Bonchev–Trinajstić information content (AvgIpc) is 2.97. The molecule has 2 aromatic rings. The van der Waals surface area contributed by atoms with Gasteiger partial charge in [-0.25, -0.2) is 9.18 Å². The van der Waals surface area contributed by atoms with E-state index in [0.717, 1.165) is 17.7 Å². The molecular weight excluding hydrogens is 307 g/mol. The Morgan fingerprint density at radius 3 is 2.77 bits per heavy atom. The van der Waals surface area contributed by atoms with Gasteiger partial charge in [0.15, 0.2) is 6.61 Å². The number of nitrogens with zero attached hydrogens (tertiary/aromatic N) is 1. The molecule has 0 unspecified atom stereocenters. The quantitative estimate of drug-likeness (QED) is 0.677. The van der Waals surface area contributed by atoms with E-state index in [9.17, 15) is 14.0 Å². The zero-order valence-corrected chi connectivity index (χ0v) is 12.7. The van der Waals surface area contributed by atoms with E-state index >= 15 is 0 Å². The number of carbonyl (C=O) groups is 2. The molecule has 0 aliphatic carbocycles. The molecule has 0 bridgehead atoms. The van der Waals surface area contributed by atoms with Gasteiger partial charge >= 0.3 is 5.97 Å². The van der Waals surface area contributed by atoms with Gasteiger partial charge in [-0.3, -0.25) is 4.79 Å². The van der Waals surface area contributed by atoms with Gasteiger partial charge in [0.1, 0.15) is 5.82 Å². The number of nitrogen functional groups attached to an aromatic ring is 1. The Hall–Kier alpha value is -2.41. The largest absolute Gasteiger partial charge is 0.452 e. The van der Waals surface area contributed by atoms with Crippen LogP contribution in [0.5, 0.6) is 0 Å². The van der Waals surface area contributed by atoms with Gasteiger partial charge in [0.25, 0.3) is 5.91 Å². The van der Waals surface area contributed by atoms with Crippen LogP contribution in [0.15, 0.2) is 35.0 Å². The summed E-state index contributed by atoms with van der Waals surface area (Å²) in [7, 11) is 1.63. The summed E-state index contributed by atoms with van der Waals surface area (Å²) >= 11 is 1.54. The van der Waals surface area contributed by atoms with E-state index in [1.165, 1.54) is 11.0 Å². The Labute approximate surface area is 131 Å². The molecule has 0 saturated heterocycles. The van der Waals surface area contributed by atoms with Crippen molar-refractivity contribution in [1.29, 1.82) is 0 Å². The van der Waals surface area contributed by atoms with Gasteiger partial charge in [-0.15, -0.1) is 0 Å². The molecule has 1 aromatic heterocycles. The zero-order chi connectivity index (χ0) is 16.1. The minimum absolute atomic E-state index is 0.0240. The fraction of sp³-hybridized carbons (Fsp3) is 0.200. The lowest BCUT2D eigenvalue weighted by atomic mass is 10.2. The maximum atomic E-state index is 12.9. The number of ether oxygens (including phenoxy) is 1. The summed E-state index contributed by atoms with van der Waals surface area (Å²) in [4.78, 5) is 25.2. The highest BCUT2D eigenvalue weighted by atomic mass is 32.1. The van der Waals surface area contributed by atoms with Crippen LogP contribution in [0.2, 0.25) is 0 Å². The Bertz CT molecular complexity index is 673. The van der Waals surface area contributed by atoms with Crippen LogP contribution < -0.4 is 5.73 Å². The van der Waals surface area contributed by atoms with Crippen LogP contribution in [0.4, 0.5) is 10.1 Å². The molecule has 0 spiro atoms. The molecule has 116 valence electrons. The van der Waals surface area contributed by atoms with Crippen LogP contribution in [0.3, 0.4) is 0 Å². The third-order valence-corrected chi connectivity index (χ3v) is 3.72. The molecule has 5 nitrogen and oxygen atoms in total. The number of benzene rings is 1. The van der Waals surface area contributed by atoms with Crippen molar-refractivity contribution >= 4 is 28.9 Å². The SMILES string of the molecule is CN(Cc1ccsc1)C(=O)COC(=O)c1ccc(F)cc1N. The molecule has 7 heteroatoms. The molecule has 22 heavy (non-hydrogen) atoms. The minimum Gasteiger partial charge on any atom is -0.452 e. The van der Waals surface area contributed by atoms with E-state index in [-0.39, 0.29) is 17.2 Å². The fourth-order valence-corrected chi connectivity index (χ4v) is 2.44. The number of halogens is 1. The van der Waals surface area contributed by atoms with Gasteiger partial charge in [-0.1, -0.05) is 0 Å². The molecule has 0 atom stereocenters. The number of anilines is 1. The summed E-state index contributed by atoms with van der Waals surface area (Å²) in [5.74, 6) is -1.63. The first-order valence-electron chi connectivity index (χ1n) is 6.44. The highest BCUT2D eigenvalue weighted by molar-refractivity contribution is 7.07. The predicted molar refractivity (Wildman–Crippen MR) is 81.9 cm³/mol. The topological polar surface area (TPSA) is 72.6 Å². The summed E-state index contributed by atoms with van der Waals surface area (Å²) in [5.41, 5.74) is 6.57. The second kappa shape index (κ2) is 7.04. The van der Waals surface area contributed by atoms with Crippen molar-refractivity contribution in [3.63, 3.8) is 0 Å². The van der Waals surface area contributed by atoms with Crippen molar-refractivity contribution in [1.82, 2.24) is 4.90 Å². The first-order valence-corrected chi connectivity index (χ1v) is 7.39. The summed E-state index contributed by atoms with van der Waals surface area (Å²) in [6.45, 7) is 0.0505. The summed E-state index contributed by atoms with van der Waals surface area (Å²) in [6, 6.07) is 5.28. The van der Waals surface area contributed by atoms with Crippen LogP contribution in [0, 0.1) is 5.82 Å². The third-order valence-electron chi connectivity index (χ3n) is 2.99. The molecule has 1 aromatic carbocycles. The molecule has 1 heterocycles. The second-order valence-corrected chi connectivity index (χ2v) is 5.47. The van der Waals surface area contributed by atoms with Crippen molar-refractivity contribution in [3.05, 3.63) is 52.0 Å². The van der Waals surface area contributed by atoms with Crippen molar-refractivity contribution in [2.45, 2.75) is 6.54 Å². The van der Waals surface area contributed by atoms with Gasteiger partial charge < -0.3 is 15.4 Å². The van der Waals surface area contributed by atoms with Gasteiger partial charge in [0.05, 0.1) is 5.56 Å². The lowest BCUT2D eigenvalue weighted by Gasteiger charge is -2.16. The van der Waals surface area contributed by atoms with Crippen LogP contribution in [0.25, 0.3) is 0 Å². The molecule has 0 saturated carbocycles. The number of hydrogen-bond donors (Lipinski definition) is 1. The Morgan fingerprint density at radius 1 is 1.36 bits per heavy atom. The van der Waals surface area contributed by atoms with Crippen molar-refractivity contribution in [2.75, 3.05) is 19.4 Å². The van der Waals surface area contributed by atoms with Crippen molar-refractivity contribution in [2.24, 2.45) is 0 Å². The standard InChI is InChI=1S/C15H15FN2O3S/c1-18(7-10-4-5-22-9-10)14(19)8-21-15(20)12-3-2-11(16)6-13(12)17/h2-6,9H,7-8,17H2,1H3. The van der Waals surface area contributed by atoms with E-state index in [2.05, 4.69) is 0 Å². The van der Waals surface area contributed by atoms with Gasteiger partial charge in [-0.05, 0) is 40.6 Å². The first-order chi connectivity index (χ1) is 10.5. The average molecular weight is 322 g/mol. The lowest BCUT2D eigenvalue weighted by Crippen LogP contribution is -2.30. The second-order valence-electron chi connectivity index (χ2n) is 4.69. The maximum absolute atomic E-state index is 12.9. The molecule has 2 N–H and O–H groups in total. The summed E-state index contributed by atoms with van der Waals surface area (Å²) in [5, 5.41) is 3.86. The van der Waals surface area contributed by atoms with Crippen LogP contribution in [-0.4, -0.2) is 30.4 Å². The Balaban J connectivity index is 1.88. The molecule has 2 rings (SSSR count). The molecule has 0 fully saturated rings. The number of esters is 1. The van der Waals surface area contributed by atoms with Crippen molar-refractivity contribution < 1.29 is 18.7 Å². The zero-order valence-electron chi connectivity index (χ0n) is 11.9. The number of nitrogens with two attached hydrogens (primary N) is 1. The molecular formula is C15H15FN2O3S. The smallest absolute Gasteiger partial charge is 0.340 e. The minimum atomic E-state index is -0.755. The number of carbonyl (C=O) groups excluding carboxylic acids is 2. The molecule has 0 aliphatic heterocycles. The fourth-order valence-electron chi connectivity index (χ4n) is 1.78. The van der Waals surface area contributed by atoms with Crippen LogP contribution in [-0.2, 0) is 16.1 Å². The highest BCUT2D eigenvalue weighted by Gasteiger charge is 2.16. The van der Waals surface area contributed by atoms with Gasteiger partial charge in [-0.2, -0.15) is 11.3 Å². The highest BCUT2D eigenvalue weighted by Crippen LogP contribution is 2.14. The summed E-state index contributed by atoms with van der Waals surface area (Å²) in [6.07, 6.45) is 0. The van der Waals surface area contributed by atoms with E-state index < -0.39 is 18.4 Å². The molecule has 0 aliphatic rings. The Kier molecular flexibility index (Phi) is 5.11.